The average Bonchev–Trinajstić information content (AvgIpc) is 3.29. The minimum absolute atomic E-state index is 0.236. The van der Waals surface area contributed by atoms with Gasteiger partial charge in [0.2, 0.25) is 0 Å². The molecule has 1 aromatic carbocycles. The van der Waals surface area contributed by atoms with Gasteiger partial charge in [-0.25, -0.2) is 9.37 Å². The van der Waals surface area contributed by atoms with Crippen molar-refractivity contribution in [2.24, 2.45) is 0 Å². The van der Waals surface area contributed by atoms with E-state index in [1.807, 2.05) is 30.3 Å². The Bertz CT molecular complexity index is 579. The van der Waals surface area contributed by atoms with Gasteiger partial charge in [0.25, 0.3) is 0 Å². The molecule has 0 bridgehead atoms. The van der Waals surface area contributed by atoms with Crippen molar-refractivity contribution in [3.8, 4) is 0 Å². The molecule has 1 aliphatic rings. The van der Waals surface area contributed by atoms with Crippen LogP contribution in [-0.4, -0.2) is 18.1 Å². The molecule has 0 saturated heterocycles. The van der Waals surface area contributed by atoms with Gasteiger partial charge in [0.15, 0.2) is 0 Å². The van der Waals surface area contributed by atoms with Crippen molar-refractivity contribution in [3.63, 3.8) is 0 Å². The Morgan fingerprint density at radius 2 is 2.15 bits per heavy atom. The lowest BCUT2D eigenvalue weighted by molar-refractivity contribution is 0.628. The van der Waals surface area contributed by atoms with Gasteiger partial charge in [-0.2, -0.15) is 0 Å². The van der Waals surface area contributed by atoms with Crippen LogP contribution in [0.2, 0.25) is 0 Å². The van der Waals surface area contributed by atoms with Gasteiger partial charge < -0.3 is 10.2 Å². The molecular weight excluding hydrogens is 253 g/mol. The number of rotatable bonds is 5. The van der Waals surface area contributed by atoms with Crippen LogP contribution in [0.5, 0.6) is 0 Å². The van der Waals surface area contributed by atoms with E-state index in [-0.39, 0.29) is 5.82 Å². The van der Waals surface area contributed by atoms with Crippen molar-refractivity contribution in [1.29, 1.82) is 0 Å². The zero-order valence-electron chi connectivity index (χ0n) is 11.5. The van der Waals surface area contributed by atoms with Gasteiger partial charge in [-0.15, -0.1) is 0 Å². The number of anilines is 2. The van der Waals surface area contributed by atoms with Crippen LogP contribution in [0.1, 0.15) is 18.4 Å². The van der Waals surface area contributed by atoms with E-state index in [1.165, 1.54) is 30.5 Å². The average molecular weight is 271 g/mol. The summed E-state index contributed by atoms with van der Waals surface area (Å²) in [6, 6.07) is 11.2. The van der Waals surface area contributed by atoms with Crippen LogP contribution in [0.4, 0.5) is 15.9 Å². The molecule has 2 aromatic rings. The van der Waals surface area contributed by atoms with E-state index in [1.54, 1.807) is 6.07 Å². The number of benzene rings is 1. The zero-order chi connectivity index (χ0) is 13.9. The first kappa shape index (κ1) is 13.1. The molecule has 1 aliphatic carbocycles. The van der Waals surface area contributed by atoms with Crippen molar-refractivity contribution >= 4 is 11.5 Å². The third-order valence-electron chi connectivity index (χ3n) is 3.52. The summed E-state index contributed by atoms with van der Waals surface area (Å²) in [4.78, 5) is 6.32. The predicted molar refractivity (Wildman–Crippen MR) is 78.6 cm³/mol. The number of pyridine rings is 1. The zero-order valence-corrected chi connectivity index (χ0v) is 11.5. The minimum atomic E-state index is -0.236. The van der Waals surface area contributed by atoms with E-state index in [0.29, 0.717) is 6.04 Å². The number of aromatic nitrogens is 1. The molecule has 0 aliphatic heterocycles. The molecule has 1 N–H and O–H groups in total. The smallest absolute Gasteiger partial charge is 0.132 e. The van der Waals surface area contributed by atoms with Gasteiger partial charge in [-0.3, -0.25) is 0 Å². The molecule has 1 saturated carbocycles. The maximum Gasteiger partial charge on any atom is 0.132 e. The lowest BCUT2D eigenvalue weighted by Gasteiger charge is -2.18. The van der Waals surface area contributed by atoms with Gasteiger partial charge in [0.05, 0.1) is 0 Å². The van der Waals surface area contributed by atoms with Crippen LogP contribution in [0.3, 0.4) is 0 Å². The molecule has 20 heavy (non-hydrogen) atoms. The van der Waals surface area contributed by atoms with Gasteiger partial charge in [-0.05, 0) is 42.7 Å². The normalized spacial score (nSPS) is 14.3. The summed E-state index contributed by atoms with van der Waals surface area (Å²) >= 11 is 0. The molecule has 0 unspecified atom stereocenters. The highest BCUT2D eigenvalue weighted by Gasteiger charge is 2.19. The largest absolute Gasteiger partial charge is 0.329 e. The molecule has 1 aromatic heterocycles. The summed E-state index contributed by atoms with van der Waals surface area (Å²) in [7, 11) is 1.89. The van der Waals surface area contributed by atoms with Gasteiger partial charge >= 0.3 is 0 Å². The quantitative estimate of drug-likeness (QED) is 0.905. The van der Waals surface area contributed by atoms with E-state index in [2.05, 4.69) is 16.4 Å². The molecule has 0 amide bonds. The maximum atomic E-state index is 13.2. The number of nitrogens with zero attached hydrogens (tertiary/aromatic N) is 2. The molecule has 0 spiro atoms. The molecular formula is C16H18FN3. The van der Waals surface area contributed by atoms with Crippen molar-refractivity contribution in [3.05, 3.63) is 54.0 Å². The Kier molecular flexibility index (Phi) is 3.65. The molecule has 0 radical (unpaired) electrons. The van der Waals surface area contributed by atoms with Crippen molar-refractivity contribution in [2.45, 2.75) is 25.4 Å². The number of nitrogens with one attached hydrogen (secondary N) is 1. The van der Waals surface area contributed by atoms with Gasteiger partial charge in [0.1, 0.15) is 11.6 Å². The first-order valence-electron chi connectivity index (χ1n) is 6.90. The predicted octanol–water partition coefficient (Wildman–Crippen LogP) is 3.24. The van der Waals surface area contributed by atoms with Gasteiger partial charge in [0, 0.05) is 31.5 Å². The highest BCUT2D eigenvalue weighted by Crippen LogP contribution is 2.23. The van der Waals surface area contributed by atoms with Gasteiger partial charge in [-0.1, -0.05) is 12.1 Å². The first-order valence-corrected chi connectivity index (χ1v) is 6.90. The van der Waals surface area contributed by atoms with Crippen molar-refractivity contribution < 1.29 is 4.39 Å². The Balaban J connectivity index is 1.69. The van der Waals surface area contributed by atoms with Crippen molar-refractivity contribution in [1.82, 2.24) is 10.3 Å². The standard InChI is InChI=1S/C16H18FN3/c1-20(15-4-2-3-13(17)9-15)16-8-5-12(11-19-16)10-18-14-6-7-14/h2-5,8-9,11,14,18H,6-7,10H2,1H3. The van der Waals surface area contributed by atoms with E-state index in [0.717, 1.165) is 18.1 Å². The minimum Gasteiger partial charge on any atom is -0.329 e. The van der Waals surface area contributed by atoms with Crippen molar-refractivity contribution in [2.75, 3.05) is 11.9 Å². The summed E-state index contributed by atoms with van der Waals surface area (Å²) in [5.41, 5.74) is 1.97. The molecule has 3 rings (SSSR count). The van der Waals surface area contributed by atoms with Crippen LogP contribution < -0.4 is 10.2 Å². The Morgan fingerprint density at radius 1 is 1.30 bits per heavy atom. The number of halogens is 1. The fourth-order valence-corrected chi connectivity index (χ4v) is 2.09. The lowest BCUT2D eigenvalue weighted by atomic mass is 10.2. The molecule has 1 fully saturated rings. The van der Waals surface area contributed by atoms with Crippen LogP contribution in [0, 0.1) is 5.82 Å². The number of hydrogen-bond donors (Lipinski definition) is 1. The molecule has 104 valence electrons. The molecule has 3 nitrogen and oxygen atoms in total. The Labute approximate surface area is 118 Å². The maximum absolute atomic E-state index is 13.2. The fourth-order valence-electron chi connectivity index (χ4n) is 2.09. The third kappa shape index (κ3) is 3.14. The SMILES string of the molecule is CN(c1cccc(F)c1)c1ccc(CNC2CC2)cn1. The first-order chi connectivity index (χ1) is 9.72. The van der Waals surface area contributed by atoms with Crippen LogP contribution in [-0.2, 0) is 6.54 Å². The Hall–Kier alpha value is -1.94. The van der Waals surface area contributed by atoms with E-state index in [9.17, 15) is 4.39 Å². The second-order valence-corrected chi connectivity index (χ2v) is 5.22. The van der Waals surface area contributed by atoms with E-state index in [4.69, 9.17) is 0 Å². The highest BCUT2D eigenvalue weighted by molar-refractivity contribution is 5.58. The topological polar surface area (TPSA) is 28.2 Å². The summed E-state index contributed by atoms with van der Waals surface area (Å²) in [6.45, 7) is 0.863. The second-order valence-electron chi connectivity index (χ2n) is 5.22. The third-order valence-corrected chi connectivity index (χ3v) is 3.52. The molecule has 4 heteroatoms. The van der Waals surface area contributed by atoms with Crippen LogP contribution in [0.15, 0.2) is 42.6 Å². The monoisotopic (exact) mass is 271 g/mol. The van der Waals surface area contributed by atoms with E-state index >= 15 is 0 Å². The summed E-state index contributed by atoms with van der Waals surface area (Å²) in [5.74, 6) is 0.574. The Morgan fingerprint density at radius 3 is 2.80 bits per heavy atom. The highest BCUT2D eigenvalue weighted by atomic mass is 19.1. The summed E-state index contributed by atoms with van der Waals surface area (Å²) < 4.78 is 13.2. The number of hydrogen-bond acceptors (Lipinski definition) is 3. The summed E-state index contributed by atoms with van der Waals surface area (Å²) in [6.07, 6.45) is 4.45. The van der Waals surface area contributed by atoms with E-state index < -0.39 is 0 Å². The lowest BCUT2D eigenvalue weighted by Crippen LogP contribution is -2.16. The molecule has 0 atom stereocenters. The summed E-state index contributed by atoms with van der Waals surface area (Å²) in [5, 5.41) is 3.46. The van der Waals surface area contributed by atoms with Crippen LogP contribution in [0.25, 0.3) is 0 Å². The fraction of sp³-hybridized carbons (Fsp3) is 0.312. The second kappa shape index (κ2) is 5.59. The molecule has 1 heterocycles. The van der Waals surface area contributed by atoms with Crippen LogP contribution >= 0.6 is 0 Å².